The minimum atomic E-state index is -1.98. The first kappa shape index (κ1) is 78.7. The van der Waals surface area contributed by atoms with Crippen LogP contribution in [0.4, 0.5) is 0 Å². The van der Waals surface area contributed by atoms with Gasteiger partial charge in [-0.3, -0.25) is 0 Å². The Bertz CT molecular complexity index is 2910. The monoisotopic (exact) mass is 1420 g/mol. The molecule has 5 aliphatic heterocycles. The zero-order valence-electron chi connectivity index (χ0n) is 58.5. The van der Waals surface area contributed by atoms with Gasteiger partial charge in [0.15, 0.2) is 37.6 Å². The molecule has 5 saturated heterocycles. The molecule has 30 heteroatoms. The van der Waals surface area contributed by atoms with E-state index in [2.05, 4.69) is 40.7 Å². The van der Waals surface area contributed by atoms with Gasteiger partial charge < -0.3 is 139 Å². The molecule has 9 fully saturated rings. The Balaban J connectivity index is 0.978. The molecule has 0 spiro atoms. The van der Waals surface area contributed by atoms with E-state index >= 15 is 0 Å². The van der Waals surface area contributed by atoms with E-state index in [4.69, 9.17) is 56.8 Å². The first-order valence-electron chi connectivity index (χ1n) is 34.9. The summed E-state index contributed by atoms with van der Waals surface area (Å²) in [7, 11) is 0. The molecule has 0 bridgehead atoms. The first-order valence-corrected chi connectivity index (χ1v) is 34.9. The van der Waals surface area contributed by atoms with Gasteiger partial charge in [-0.2, -0.15) is 0 Å². The fraction of sp³-hybridized carbons (Fsp3) is 0.884. The number of esters is 2. The summed E-state index contributed by atoms with van der Waals surface area (Å²) in [6, 6.07) is 0. The van der Waals surface area contributed by atoms with E-state index in [1.807, 2.05) is 13.8 Å². The fourth-order valence-electron chi connectivity index (χ4n) is 18.9. The summed E-state index contributed by atoms with van der Waals surface area (Å²) in [5.74, 6) is -2.26. The number of hydrogen-bond donors (Lipinski definition) is 16. The van der Waals surface area contributed by atoms with E-state index in [-0.39, 0.29) is 35.8 Å². The zero-order chi connectivity index (χ0) is 72.9. The molecule has 16 N–H and O–H groups in total. The summed E-state index contributed by atoms with van der Waals surface area (Å²) in [5, 5.41) is 178. The lowest BCUT2D eigenvalue weighted by atomic mass is 9.33. The van der Waals surface area contributed by atoms with Gasteiger partial charge in [-0.05, 0) is 119 Å². The molecule has 30 nitrogen and oxygen atoms in total. The quantitative estimate of drug-likeness (QED) is 0.0302. The van der Waals surface area contributed by atoms with Crippen LogP contribution in [0, 0.1) is 50.2 Å². The van der Waals surface area contributed by atoms with Gasteiger partial charge >= 0.3 is 11.9 Å². The average Bonchev–Trinajstić information content (AvgIpc) is 0.668. The molecule has 99 heavy (non-hydrogen) atoms. The number of carbonyl (C=O) groups excluding carboxylic acids is 2. The molecule has 0 aromatic carbocycles. The van der Waals surface area contributed by atoms with Crippen LogP contribution in [0.25, 0.3) is 0 Å². The third kappa shape index (κ3) is 13.6. The standard InChI is InChI=1S/C69H110O30/c1-13-28(3)57(86)98-55-56(99-58(87)29(4)14-2)69(27-89-59-50(83)47(80)42(75)33(23-70)91-59)32(21-64(55,6)7)31-15-16-38-66(10)19-18-40(65(8,9)37(66)17-20-67(38,11)68(31,12)22-39(69)73)95-62-53(45(78)36(26-88-62)94-61-52(85)48(81)43(76)34(24-71)92-61)97-63-54(49(82)44(77)35(25-72)93-63)96-60-51(84)46(79)41(74)30(5)90-60/h13-15,30,32-56,59-63,70-85H,16-27H2,1-12H3/b28-13-,29-14-/t30-,32?,33-,34-,35-,36+,37?,38?,39?,40?,41-,42-,43-,44-,45+,46+,47+,48+,49+,50-,51+,52-,53-,54-,55?,56?,59-,60+,61+,62-,63+,66?,67?,68?,69?/m1/s1. The lowest BCUT2D eigenvalue weighted by molar-refractivity contribution is -0.398. The van der Waals surface area contributed by atoms with Gasteiger partial charge in [-0.1, -0.05) is 72.3 Å². The van der Waals surface area contributed by atoms with Crippen LogP contribution < -0.4 is 0 Å². The highest BCUT2D eigenvalue weighted by atomic mass is 16.8. The molecule has 0 amide bonds. The Morgan fingerprint density at radius 2 is 1.05 bits per heavy atom. The molecule has 10 aliphatic rings. The third-order valence-electron chi connectivity index (χ3n) is 25.4. The first-order chi connectivity index (χ1) is 46.4. The Morgan fingerprint density at radius 1 is 0.545 bits per heavy atom. The number of carbonyl (C=O) groups is 2. The van der Waals surface area contributed by atoms with Crippen molar-refractivity contribution in [1.29, 1.82) is 0 Å². The van der Waals surface area contributed by atoms with E-state index in [0.717, 1.165) is 5.57 Å². The average molecular weight is 1420 g/mol. The van der Waals surface area contributed by atoms with Crippen molar-refractivity contribution in [2.75, 3.05) is 33.0 Å². The number of aliphatic hydroxyl groups excluding tert-OH is 16. The summed E-state index contributed by atoms with van der Waals surface area (Å²) in [4.78, 5) is 28.4. The maximum Gasteiger partial charge on any atom is 0.333 e. The summed E-state index contributed by atoms with van der Waals surface area (Å²) in [5.41, 5.74) is -3.68. The molecule has 5 heterocycles. The largest absolute Gasteiger partial charge is 0.454 e. The SMILES string of the molecule is C/C=C(/C)C(=O)OC1C(OC(=O)/C(C)=C\C)C2(CO[C@@H]3O[C@H](CO)[C@@H](O)[C@H](O)[C@H]3O)C(O)CC3(C)C(=CCC4C5(C)CCC(O[C@H]6OC[C@H](O[C@@H]7O[C@H](CO)[C@@H](O)[C@H](O)[C@H]7O)[C@H](O)[C@H]6O[C@@H]6O[C@H](CO)[C@@H](O)[C@H](O)[C@H]6O[C@@H]6O[C@H](C)[C@@H](O)[C@H](O)[C@@H]6O)C(C)(C)C5CCC43C)C2CC1(C)C. The molecule has 0 radical (unpaired) electrons. The van der Waals surface area contributed by atoms with Crippen molar-refractivity contribution in [1.82, 2.24) is 0 Å². The Morgan fingerprint density at radius 3 is 1.63 bits per heavy atom. The minimum absolute atomic E-state index is 0.0623. The van der Waals surface area contributed by atoms with Gasteiger partial charge in [0.2, 0.25) is 0 Å². The van der Waals surface area contributed by atoms with Gasteiger partial charge in [0.25, 0.3) is 0 Å². The van der Waals surface area contributed by atoms with Crippen LogP contribution in [-0.2, 0) is 66.4 Å². The second-order valence-corrected chi connectivity index (χ2v) is 31.6. The number of hydrogen-bond acceptors (Lipinski definition) is 30. The van der Waals surface area contributed by atoms with E-state index < -0.39 is 255 Å². The third-order valence-corrected chi connectivity index (χ3v) is 25.4. The number of fused-ring (bicyclic) bond motifs is 7. The van der Waals surface area contributed by atoms with Gasteiger partial charge in [-0.25, -0.2) is 9.59 Å². The molecule has 5 aliphatic carbocycles. The second-order valence-electron chi connectivity index (χ2n) is 31.6. The normalized spacial score (nSPS) is 50.7. The highest BCUT2D eigenvalue weighted by Crippen LogP contribution is 2.76. The maximum atomic E-state index is 14.4. The number of ether oxygens (including phenoxy) is 12. The van der Waals surface area contributed by atoms with Crippen molar-refractivity contribution < 1.29 is 148 Å². The van der Waals surface area contributed by atoms with Gasteiger partial charge in [-0.15, -0.1) is 0 Å². The van der Waals surface area contributed by atoms with Crippen LogP contribution in [0.3, 0.4) is 0 Å². The Labute approximate surface area is 576 Å². The molecule has 10 rings (SSSR count). The highest BCUT2D eigenvalue weighted by molar-refractivity contribution is 5.89. The van der Waals surface area contributed by atoms with Crippen molar-refractivity contribution in [2.45, 2.75) is 300 Å². The molecule has 0 aromatic rings. The minimum Gasteiger partial charge on any atom is -0.454 e. The van der Waals surface area contributed by atoms with Crippen LogP contribution in [-0.4, -0.2) is 299 Å². The van der Waals surface area contributed by atoms with Crippen molar-refractivity contribution >= 4 is 11.9 Å². The van der Waals surface area contributed by atoms with E-state index in [9.17, 15) is 91.3 Å². The maximum absolute atomic E-state index is 14.4. The van der Waals surface area contributed by atoms with Crippen LogP contribution >= 0.6 is 0 Å². The molecular formula is C69H110O30. The van der Waals surface area contributed by atoms with E-state index in [1.54, 1.807) is 39.8 Å². The molecule has 11 unspecified atom stereocenters. The van der Waals surface area contributed by atoms with Gasteiger partial charge in [0, 0.05) is 16.6 Å². The highest BCUT2D eigenvalue weighted by Gasteiger charge is 2.74. The van der Waals surface area contributed by atoms with Gasteiger partial charge in [0.05, 0.1) is 56.8 Å². The number of rotatable bonds is 18. The predicted molar refractivity (Wildman–Crippen MR) is 339 cm³/mol. The Hall–Kier alpha value is -2.88. The topological polar surface area (TPSA) is 469 Å². The lowest BCUT2D eigenvalue weighted by Crippen LogP contribution is -2.73. The van der Waals surface area contributed by atoms with E-state index in [1.165, 1.54) is 6.92 Å². The summed E-state index contributed by atoms with van der Waals surface area (Å²) in [6.07, 6.45) is -37.2. The van der Waals surface area contributed by atoms with Crippen molar-refractivity contribution in [3.63, 3.8) is 0 Å². The molecule has 566 valence electrons. The van der Waals surface area contributed by atoms with Crippen molar-refractivity contribution in [2.24, 2.45) is 50.2 Å². The molecular weight excluding hydrogens is 1310 g/mol. The number of allylic oxidation sites excluding steroid dienone is 4. The van der Waals surface area contributed by atoms with Crippen LogP contribution in [0.5, 0.6) is 0 Å². The van der Waals surface area contributed by atoms with Crippen molar-refractivity contribution in [3.8, 4) is 0 Å². The summed E-state index contributed by atoms with van der Waals surface area (Å²) < 4.78 is 75.1. The van der Waals surface area contributed by atoms with E-state index in [0.29, 0.717) is 32.1 Å². The molecule has 35 atom stereocenters. The second kappa shape index (κ2) is 29.8. The van der Waals surface area contributed by atoms with Crippen LogP contribution in [0.1, 0.15) is 128 Å². The summed E-state index contributed by atoms with van der Waals surface area (Å²) in [6.45, 7) is 19.3. The Kier molecular flexibility index (Phi) is 23.7. The van der Waals surface area contributed by atoms with Crippen LogP contribution in [0.2, 0.25) is 0 Å². The molecule has 4 saturated carbocycles. The van der Waals surface area contributed by atoms with Crippen molar-refractivity contribution in [3.05, 3.63) is 34.9 Å². The predicted octanol–water partition coefficient (Wildman–Crippen LogP) is -2.12. The lowest BCUT2D eigenvalue weighted by Gasteiger charge is -2.72. The van der Waals surface area contributed by atoms with Crippen LogP contribution in [0.15, 0.2) is 34.9 Å². The zero-order valence-corrected chi connectivity index (χ0v) is 58.5. The smallest absolute Gasteiger partial charge is 0.333 e. The van der Waals surface area contributed by atoms with Gasteiger partial charge in [0.1, 0.15) is 116 Å². The number of aliphatic hydroxyl groups is 16. The summed E-state index contributed by atoms with van der Waals surface area (Å²) >= 11 is 0. The molecule has 0 aromatic heterocycles. The fourth-order valence-corrected chi connectivity index (χ4v) is 18.9.